The van der Waals surface area contributed by atoms with Crippen molar-refractivity contribution < 1.29 is 34.4 Å². The van der Waals surface area contributed by atoms with E-state index in [4.69, 9.17) is 4.74 Å². The van der Waals surface area contributed by atoms with E-state index in [0.29, 0.717) is 5.56 Å². The molecule has 4 atom stereocenters. The van der Waals surface area contributed by atoms with Gasteiger partial charge < -0.3 is 25.4 Å². The van der Waals surface area contributed by atoms with Gasteiger partial charge in [-0.1, -0.05) is 13.0 Å². The molecule has 4 N–H and O–H groups in total. The molecule has 1 aromatic rings. The van der Waals surface area contributed by atoms with Crippen LogP contribution in [0.15, 0.2) is 24.3 Å². The molecule has 8 heteroatoms. The summed E-state index contributed by atoms with van der Waals surface area (Å²) in [6.07, 6.45) is -2.08. The Labute approximate surface area is 156 Å². The topological polar surface area (TPSA) is 133 Å². The SMILES string of the molecule is Cc1cc(O)c2c(c1)NC(=O)C[C@H](O)[C@H](O)C(=O)/C=C\[C@@H](C)[C@H](C)OC2=O. The number of aromatic hydroxyl groups is 1. The van der Waals surface area contributed by atoms with Gasteiger partial charge >= 0.3 is 5.97 Å². The van der Waals surface area contributed by atoms with Crippen LogP contribution < -0.4 is 5.32 Å². The maximum absolute atomic E-state index is 12.5. The van der Waals surface area contributed by atoms with Crippen LogP contribution in [0.4, 0.5) is 5.69 Å². The van der Waals surface area contributed by atoms with Gasteiger partial charge in [0.1, 0.15) is 23.5 Å². The number of phenols is 1. The lowest BCUT2D eigenvalue weighted by Gasteiger charge is -2.21. The molecule has 0 saturated heterocycles. The maximum atomic E-state index is 12.5. The van der Waals surface area contributed by atoms with Gasteiger partial charge in [-0.2, -0.15) is 0 Å². The highest BCUT2D eigenvalue weighted by molar-refractivity contribution is 6.04. The molecule has 0 spiro atoms. The normalized spacial score (nSPS) is 28.6. The number of amides is 1. The third kappa shape index (κ3) is 4.93. The molecule has 146 valence electrons. The number of esters is 1. The number of cyclic esters (lactones) is 1. The minimum absolute atomic E-state index is 0.0166. The van der Waals surface area contributed by atoms with E-state index in [0.717, 1.165) is 6.08 Å². The summed E-state index contributed by atoms with van der Waals surface area (Å²) in [4.78, 5) is 36.7. The number of ether oxygens (including phenoxy) is 1. The van der Waals surface area contributed by atoms with E-state index in [9.17, 15) is 29.7 Å². The molecule has 27 heavy (non-hydrogen) atoms. The summed E-state index contributed by atoms with van der Waals surface area (Å²) in [5.74, 6) is -3.06. The molecule has 1 aliphatic heterocycles. The predicted molar refractivity (Wildman–Crippen MR) is 96.3 cm³/mol. The number of hydrogen-bond donors (Lipinski definition) is 4. The number of benzene rings is 1. The van der Waals surface area contributed by atoms with Crippen molar-refractivity contribution in [2.24, 2.45) is 5.92 Å². The Kier molecular flexibility index (Phi) is 6.35. The van der Waals surface area contributed by atoms with Gasteiger partial charge in [0.05, 0.1) is 18.2 Å². The number of phenolic OH excluding ortho intramolecular Hbond substituents is 1. The smallest absolute Gasteiger partial charge is 0.344 e. The molecule has 0 bridgehead atoms. The summed E-state index contributed by atoms with van der Waals surface area (Å²) < 4.78 is 5.35. The highest BCUT2D eigenvalue weighted by atomic mass is 16.5. The monoisotopic (exact) mass is 377 g/mol. The van der Waals surface area contributed by atoms with Crippen LogP contribution in [0.25, 0.3) is 0 Å². The van der Waals surface area contributed by atoms with Gasteiger partial charge in [-0.15, -0.1) is 0 Å². The van der Waals surface area contributed by atoms with E-state index < -0.39 is 42.4 Å². The fourth-order valence-corrected chi connectivity index (χ4v) is 2.61. The molecular weight excluding hydrogens is 354 g/mol. The number of carbonyl (C=O) groups excluding carboxylic acids is 3. The van der Waals surface area contributed by atoms with Crippen LogP contribution >= 0.6 is 0 Å². The van der Waals surface area contributed by atoms with Gasteiger partial charge in [0.15, 0.2) is 5.78 Å². The largest absolute Gasteiger partial charge is 0.507 e. The first kappa shape index (κ1) is 20.6. The molecule has 1 amide bonds. The van der Waals surface area contributed by atoms with Crippen LogP contribution in [-0.4, -0.2) is 51.3 Å². The number of aryl methyl sites for hydroxylation is 1. The Balaban J connectivity index is 2.48. The zero-order valence-electron chi connectivity index (χ0n) is 15.3. The van der Waals surface area contributed by atoms with Crippen LogP contribution in [0.5, 0.6) is 5.75 Å². The highest BCUT2D eigenvalue weighted by Crippen LogP contribution is 2.30. The molecule has 8 nitrogen and oxygen atoms in total. The van der Waals surface area contributed by atoms with Gasteiger partial charge in [-0.25, -0.2) is 4.79 Å². The first-order valence-corrected chi connectivity index (χ1v) is 8.52. The van der Waals surface area contributed by atoms with Crippen molar-refractivity contribution >= 4 is 23.3 Å². The second-order valence-electron chi connectivity index (χ2n) is 6.70. The molecule has 0 radical (unpaired) electrons. The fourth-order valence-electron chi connectivity index (χ4n) is 2.61. The summed E-state index contributed by atoms with van der Waals surface area (Å²) in [5.41, 5.74) is 0.392. The van der Waals surface area contributed by atoms with Crippen LogP contribution in [-0.2, 0) is 14.3 Å². The van der Waals surface area contributed by atoms with E-state index in [1.54, 1.807) is 20.8 Å². The number of ketones is 1. The number of carbonyl (C=O) groups is 3. The second kappa shape index (κ2) is 8.32. The Morgan fingerprint density at radius 3 is 2.48 bits per heavy atom. The molecule has 0 aliphatic carbocycles. The van der Waals surface area contributed by atoms with Gasteiger partial charge in [0.2, 0.25) is 5.91 Å². The van der Waals surface area contributed by atoms with Crippen molar-refractivity contribution in [1.82, 2.24) is 0 Å². The van der Waals surface area contributed by atoms with E-state index >= 15 is 0 Å². The first-order chi connectivity index (χ1) is 12.6. The van der Waals surface area contributed by atoms with E-state index in [2.05, 4.69) is 5.32 Å². The maximum Gasteiger partial charge on any atom is 0.344 e. The summed E-state index contributed by atoms with van der Waals surface area (Å²) in [6, 6.07) is 2.84. The lowest BCUT2D eigenvalue weighted by molar-refractivity contribution is -0.130. The quantitative estimate of drug-likeness (QED) is 0.497. The first-order valence-electron chi connectivity index (χ1n) is 8.52. The van der Waals surface area contributed by atoms with Crippen LogP contribution in [0.3, 0.4) is 0 Å². The average molecular weight is 377 g/mol. The minimum Gasteiger partial charge on any atom is -0.507 e. The predicted octanol–water partition coefficient (Wildman–Crippen LogP) is 1.07. The summed E-state index contributed by atoms with van der Waals surface area (Å²) in [5, 5.41) is 32.4. The van der Waals surface area contributed by atoms with E-state index in [1.807, 2.05) is 0 Å². The van der Waals surface area contributed by atoms with Crippen molar-refractivity contribution in [1.29, 1.82) is 0 Å². The van der Waals surface area contributed by atoms with Crippen LogP contribution in [0, 0.1) is 12.8 Å². The molecular formula is C19H23NO7. The van der Waals surface area contributed by atoms with Crippen molar-refractivity contribution in [2.45, 2.75) is 45.5 Å². The number of nitrogens with one attached hydrogen (secondary N) is 1. The molecule has 0 fully saturated rings. The second-order valence-corrected chi connectivity index (χ2v) is 6.70. The molecule has 1 aromatic carbocycles. The van der Waals surface area contributed by atoms with Crippen LogP contribution in [0.2, 0.25) is 0 Å². The molecule has 0 saturated carbocycles. The number of anilines is 1. The third-order valence-corrected chi connectivity index (χ3v) is 4.39. The fraction of sp³-hybridized carbons (Fsp3) is 0.421. The molecule has 0 unspecified atom stereocenters. The van der Waals surface area contributed by atoms with Crippen molar-refractivity contribution in [3.05, 3.63) is 35.4 Å². The zero-order chi connectivity index (χ0) is 20.3. The molecule has 1 heterocycles. The molecule has 1 aliphatic rings. The number of rotatable bonds is 0. The number of fused-ring (bicyclic) bond motifs is 1. The third-order valence-electron chi connectivity index (χ3n) is 4.39. The Hall–Kier alpha value is -2.71. The summed E-state index contributed by atoms with van der Waals surface area (Å²) >= 11 is 0. The lowest BCUT2D eigenvalue weighted by atomic mass is 10.0. The number of hydrogen-bond acceptors (Lipinski definition) is 7. The minimum atomic E-state index is -1.76. The summed E-state index contributed by atoms with van der Waals surface area (Å²) in [7, 11) is 0. The Morgan fingerprint density at radius 2 is 1.81 bits per heavy atom. The van der Waals surface area contributed by atoms with Crippen molar-refractivity contribution in [3.8, 4) is 5.75 Å². The van der Waals surface area contributed by atoms with Gasteiger partial charge in [-0.05, 0) is 37.6 Å². The van der Waals surface area contributed by atoms with Gasteiger partial charge in [-0.3, -0.25) is 9.59 Å². The lowest BCUT2D eigenvalue weighted by Crippen LogP contribution is -2.36. The van der Waals surface area contributed by atoms with E-state index in [1.165, 1.54) is 18.2 Å². The molecule has 2 rings (SSSR count). The Bertz CT molecular complexity index is 787. The Morgan fingerprint density at radius 1 is 1.15 bits per heavy atom. The van der Waals surface area contributed by atoms with E-state index in [-0.39, 0.29) is 22.9 Å². The number of aliphatic hydroxyl groups is 2. The van der Waals surface area contributed by atoms with Gasteiger partial charge in [0.25, 0.3) is 0 Å². The highest BCUT2D eigenvalue weighted by Gasteiger charge is 2.28. The standard InChI is InChI=1S/C19H23NO7/c1-9-6-12-17(14(22)7-9)19(26)27-11(3)10(2)4-5-13(21)18(25)15(23)8-16(24)20-12/h4-7,10-11,15,18,22-23,25H,8H2,1-3H3,(H,20,24)/b5-4-/t10-,11+,15+,18-/m1/s1. The van der Waals surface area contributed by atoms with Crippen molar-refractivity contribution in [2.75, 3.05) is 5.32 Å². The zero-order valence-corrected chi connectivity index (χ0v) is 15.3. The van der Waals surface area contributed by atoms with Crippen molar-refractivity contribution in [3.63, 3.8) is 0 Å². The number of aliphatic hydroxyl groups excluding tert-OH is 2. The summed E-state index contributed by atoms with van der Waals surface area (Å²) in [6.45, 7) is 4.97. The van der Waals surface area contributed by atoms with Gasteiger partial charge in [0, 0.05) is 5.92 Å². The van der Waals surface area contributed by atoms with Crippen LogP contribution in [0.1, 0.15) is 36.2 Å². The molecule has 0 aromatic heterocycles. The average Bonchev–Trinajstić information content (AvgIpc) is 2.56.